The van der Waals surface area contributed by atoms with Crippen LogP contribution in [0, 0.1) is 0 Å². The summed E-state index contributed by atoms with van der Waals surface area (Å²) >= 11 is 0. The van der Waals surface area contributed by atoms with E-state index in [1.165, 1.54) is 0 Å². The van der Waals surface area contributed by atoms with E-state index in [9.17, 15) is 4.79 Å². The highest BCUT2D eigenvalue weighted by Gasteiger charge is 2.14. The van der Waals surface area contributed by atoms with Crippen molar-refractivity contribution in [2.24, 2.45) is 0 Å². The molecule has 0 aliphatic heterocycles. The van der Waals surface area contributed by atoms with Crippen molar-refractivity contribution in [2.45, 2.75) is 12.8 Å². The number of nitrogens with one attached hydrogen (secondary N) is 1. The number of nitrogens with zero attached hydrogens (tertiary/aromatic N) is 1. The van der Waals surface area contributed by atoms with Crippen LogP contribution in [0.3, 0.4) is 0 Å². The Morgan fingerprint density at radius 1 is 1.44 bits per heavy atom. The zero-order valence-electron chi connectivity index (χ0n) is 10.6. The van der Waals surface area contributed by atoms with Crippen LogP contribution in [0.1, 0.15) is 23.2 Å². The van der Waals surface area contributed by atoms with E-state index in [0.717, 1.165) is 35.9 Å². The highest BCUT2D eigenvalue weighted by molar-refractivity contribution is 6.05. The number of carbonyl (C=O) groups is 1. The summed E-state index contributed by atoms with van der Waals surface area (Å²) < 4.78 is 0. The van der Waals surface area contributed by atoms with Gasteiger partial charge < -0.3 is 9.88 Å². The van der Waals surface area contributed by atoms with Crippen LogP contribution < -0.4 is 0 Å². The van der Waals surface area contributed by atoms with Crippen LogP contribution >= 0.6 is 0 Å². The average Bonchev–Trinajstić information content (AvgIpc) is 2.86. The first kappa shape index (κ1) is 12.4. The van der Waals surface area contributed by atoms with Gasteiger partial charge in [-0.1, -0.05) is 18.2 Å². The van der Waals surface area contributed by atoms with Crippen molar-refractivity contribution in [1.82, 2.24) is 9.88 Å². The topological polar surface area (TPSA) is 36.1 Å². The largest absolute Gasteiger partial charge is 0.361 e. The fraction of sp³-hybridized carbons (Fsp3) is 0.267. The van der Waals surface area contributed by atoms with Crippen LogP contribution in [-0.2, 0) is 0 Å². The molecule has 0 fully saturated rings. The summed E-state index contributed by atoms with van der Waals surface area (Å²) in [5, 5.41) is 1.07. The Bertz CT molecular complexity index is 556. The lowest BCUT2D eigenvalue weighted by Gasteiger charge is -2.17. The van der Waals surface area contributed by atoms with Crippen molar-refractivity contribution in [3.8, 4) is 0 Å². The number of hydrogen-bond acceptors (Lipinski definition) is 1. The maximum atomic E-state index is 12.3. The molecular formula is C15H18N2O. The number of aromatic amines is 1. The molecule has 0 saturated carbocycles. The molecule has 0 atom stereocenters. The third-order valence-corrected chi connectivity index (χ3v) is 3.07. The first-order valence-electron chi connectivity index (χ1n) is 6.16. The lowest BCUT2D eigenvalue weighted by Crippen LogP contribution is -2.27. The van der Waals surface area contributed by atoms with Crippen LogP contribution in [0.2, 0.25) is 0 Å². The van der Waals surface area contributed by atoms with E-state index < -0.39 is 0 Å². The Balaban J connectivity index is 2.17. The summed E-state index contributed by atoms with van der Waals surface area (Å²) in [5.41, 5.74) is 1.65. The minimum Gasteiger partial charge on any atom is -0.361 e. The Morgan fingerprint density at radius 3 is 3.06 bits per heavy atom. The molecule has 0 spiro atoms. The third-order valence-electron chi connectivity index (χ3n) is 3.07. The van der Waals surface area contributed by atoms with Gasteiger partial charge in [-0.05, 0) is 25.0 Å². The molecule has 1 aromatic heterocycles. The van der Waals surface area contributed by atoms with Gasteiger partial charge in [0.1, 0.15) is 0 Å². The minimum atomic E-state index is 0.0621. The molecule has 0 radical (unpaired) electrons. The number of benzene rings is 1. The second-order valence-corrected chi connectivity index (χ2v) is 4.41. The standard InChI is InChI=1S/C15H18N2O/c1-3-4-5-11-17(2)15(18)13-8-6-7-12-9-10-16-14(12)13/h3,6-10,16H,1,4-5,11H2,2H3. The Kier molecular flexibility index (Phi) is 3.82. The molecule has 1 heterocycles. The monoisotopic (exact) mass is 242 g/mol. The van der Waals surface area contributed by atoms with E-state index in [-0.39, 0.29) is 5.91 Å². The molecule has 0 aliphatic carbocycles. The lowest BCUT2D eigenvalue weighted by molar-refractivity contribution is 0.0795. The summed E-state index contributed by atoms with van der Waals surface area (Å²) in [6.07, 6.45) is 5.62. The molecular weight excluding hydrogens is 224 g/mol. The van der Waals surface area contributed by atoms with Gasteiger partial charge in [-0.25, -0.2) is 0 Å². The predicted octanol–water partition coefficient (Wildman–Crippen LogP) is 3.21. The predicted molar refractivity (Wildman–Crippen MR) is 74.7 cm³/mol. The number of unbranched alkanes of at least 4 members (excludes halogenated alkanes) is 1. The molecule has 0 bridgehead atoms. The van der Waals surface area contributed by atoms with Crippen LogP contribution in [0.15, 0.2) is 43.1 Å². The Morgan fingerprint density at radius 2 is 2.28 bits per heavy atom. The number of para-hydroxylation sites is 1. The number of hydrogen-bond donors (Lipinski definition) is 1. The van der Waals surface area contributed by atoms with Crippen molar-refractivity contribution in [3.63, 3.8) is 0 Å². The van der Waals surface area contributed by atoms with Crippen molar-refractivity contribution < 1.29 is 4.79 Å². The fourth-order valence-corrected chi connectivity index (χ4v) is 2.04. The number of H-pyrrole nitrogens is 1. The quantitative estimate of drug-likeness (QED) is 0.634. The van der Waals surface area contributed by atoms with Crippen LogP contribution in [0.4, 0.5) is 0 Å². The second kappa shape index (κ2) is 5.54. The van der Waals surface area contributed by atoms with E-state index in [0.29, 0.717) is 0 Å². The molecule has 0 saturated heterocycles. The van der Waals surface area contributed by atoms with E-state index in [4.69, 9.17) is 0 Å². The van der Waals surface area contributed by atoms with Gasteiger partial charge in [-0.15, -0.1) is 6.58 Å². The number of aromatic nitrogens is 1. The normalized spacial score (nSPS) is 10.5. The third kappa shape index (κ3) is 2.45. The highest BCUT2D eigenvalue weighted by Crippen LogP contribution is 2.18. The molecule has 18 heavy (non-hydrogen) atoms. The summed E-state index contributed by atoms with van der Waals surface area (Å²) in [6.45, 7) is 4.44. The summed E-state index contributed by atoms with van der Waals surface area (Å²) in [5.74, 6) is 0.0621. The molecule has 2 rings (SSSR count). The van der Waals surface area contributed by atoms with Gasteiger partial charge in [0, 0.05) is 25.2 Å². The number of carbonyl (C=O) groups excluding carboxylic acids is 1. The van der Waals surface area contributed by atoms with Gasteiger partial charge in [0.05, 0.1) is 11.1 Å². The van der Waals surface area contributed by atoms with Gasteiger partial charge in [-0.3, -0.25) is 4.79 Å². The van der Waals surface area contributed by atoms with Crippen LogP contribution in [-0.4, -0.2) is 29.4 Å². The van der Waals surface area contributed by atoms with E-state index in [1.54, 1.807) is 4.90 Å². The van der Waals surface area contributed by atoms with E-state index >= 15 is 0 Å². The lowest BCUT2D eigenvalue weighted by atomic mass is 10.1. The number of allylic oxidation sites excluding steroid dienone is 1. The fourth-order valence-electron chi connectivity index (χ4n) is 2.04. The van der Waals surface area contributed by atoms with Gasteiger partial charge in [0.15, 0.2) is 0 Å². The SMILES string of the molecule is C=CCCCN(C)C(=O)c1cccc2cc[nH]c12. The summed E-state index contributed by atoms with van der Waals surface area (Å²) in [7, 11) is 1.84. The molecule has 94 valence electrons. The maximum absolute atomic E-state index is 12.3. The van der Waals surface area contributed by atoms with Gasteiger partial charge in [-0.2, -0.15) is 0 Å². The van der Waals surface area contributed by atoms with Crippen LogP contribution in [0.25, 0.3) is 10.9 Å². The second-order valence-electron chi connectivity index (χ2n) is 4.41. The van der Waals surface area contributed by atoms with E-state index in [2.05, 4.69) is 11.6 Å². The van der Waals surface area contributed by atoms with Gasteiger partial charge >= 0.3 is 0 Å². The van der Waals surface area contributed by atoms with Crippen molar-refractivity contribution in [1.29, 1.82) is 0 Å². The molecule has 1 amide bonds. The highest BCUT2D eigenvalue weighted by atomic mass is 16.2. The molecule has 1 N–H and O–H groups in total. The maximum Gasteiger partial charge on any atom is 0.255 e. The zero-order valence-corrected chi connectivity index (χ0v) is 10.6. The van der Waals surface area contributed by atoms with Gasteiger partial charge in [0.25, 0.3) is 5.91 Å². The minimum absolute atomic E-state index is 0.0621. The summed E-state index contributed by atoms with van der Waals surface area (Å²) in [6, 6.07) is 7.76. The summed E-state index contributed by atoms with van der Waals surface area (Å²) in [4.78, 5) is 17.2. The Labute approximate surface area is 107 Å². The average molecular weight is 242 g/mol. The molecule has 0 unspecified atom stereocenters. The van der Waals surface area contributed by atoms with Crippen molar-refractivity contribution >= 4 is 16.8 Å². The Hall–Kier alpha value is -2.03. The van der Waals surface area contributed by atoms with Crippen molar-refractivity contribution in [2.75, 3.05) is 13.6 Å². The number of rotatable bonds is 5. The number of amides is 1. The molecule has 0 aliphatic rings. The first-order valence-corrected chi connectivity index (χ1v) is 6.16. The molecule has 3 heteroatoms. The van der Waals surface area contributed by atoms with Crippen molar-refractivity contribution in [3.05, 3.63) is 48.7 Å². The zero-order chi connectivity index (χ0) is 13.0. The molecule has 3 nitrogen and oxygen atoms in total. The first-order chi connectivity index (χ1) is 8.74. The molecule has 2 aromatic rings. The van der Waals surface area contributed by atoms with Gasteiger partial charge in [0.2, 0.25) is 0 Å². The smallest absolute Gasteiger partial charge is 0.255 e. The van der Waals surface area contributed by atoms with E-state index in [1.807, 2.05) is 43.6 Å². The molecule has 1 aromatic carbocycles. The number of fused-ring (bicyclic) bond motifs is 1. The van der Waals surface area contributed by atoms with Crippen LogP contribution in [0.5, 0.6) is 0 Å².